The minimum absolute atomic E-state index is 0.285. The lowest BCUT2D eigenvalue weighted by molar-refractivity contribution is -0.120. The molecule has 100 valence electrons. The lowest BCUT2D eigenvalue weighted by Gasteiger charge is -2.18. The first-order chi connectivity index (χ1) is 9.19. The molecule has 19 heavy (non-hydrogen) atoms. The van der Waals surface area contributed by atoms with E-state index in [0.717, 1.165) is 44.3 Å². The highest BCUT2D eigenvalue weighted by Gasteiger charge is 2.23. The summed E-state index contributed by atoms with van der Waals surface area (Å²) in [4.78, 5) is 13.8. The zero-order valence-electron chi connectivity index (χ0n) is 11.4. The summed E-state index contributed by atoms with van der Waals surface area (Å²) in [5.41, 5.74) is 1.86. The number of carbonyl (C=O) groups excluding carboxylic acids is 1. The van der Waals surface area contributed by atoms with Gasteiger partial charge in [-0.15, -0.1) is 0 Å². The highest BCUT2D eigenvalue weighted by atomic mass is 16.1. The normalized spacial score (nSPS) is 18.8. The average molecular weight is 256 g/mol. The molecule has 0 aliphatic heterocycles. The Hall–Kier alpha value is -1.66. The fourth-order valence-electron chi connectivity index (χ4n) is 2.70. The van der Waals surface area contributed by atoms with Gasteiger partial charge in [0.1, 0.15) is 5.78 Å². The van der Waals surface area contributed by atoms with Crippen molar-refractivity contribution in [1.29, 1.82) is 5.26 Å². The minimum atomic E-state index is 0.285. The number of nitrogens with zero attached hydrogens (tertiary/aromatic N) is 2. The number of ketones is 1. The van der Waals surface area contributed by atoms with Gasteiger partial charge in [0.2, 0.25) is 0 Å². The van der Waals surface area contributed by atoms with Crippen LogP contribution in [0.4, 0.5) is 0 Å². The summed E-state index contributed by atoms with van der Waals surface area (Å²) in [6.07, 6.45) is 3.87. The predicted octanol–water partition coefficient (Wildman–Crippen LogP) is 2.75. The van der Waals surface area contributed by atoms with Gasteiger partial charge >= 0.3 is 0 Å². The van der Waals surface area contributed by atoms with Crippen LogP contribution in [0, 0.1) is 17.2 Å². The van der Waals surface area contributed by atoms with Crippen molar-refractivity contribution < 1.29 is 4.79 Å². The van der Waals surface area contributed by atoms with Crippen molar-refractivity contribution in [3.8, 4) is 6.07 Å². The van der Waals surface area contributed by atoms with E-state index in [9.17, 15) is 4.79 Å². The molecule has 0 spiro atoms. The SMILES string of the molecule is CN(CCC1CCCC1=O)Cc1cccc(C#N)c1. The molecule has 0 heterocycles. The second-order valence-corrected chi connectivity index (χ2v) is 5.39. The zero-order chi connectivity index (χ0) is 13.7. The van der Waals surface area contributed by atoms with Gasteiger partial charge in [0, 0.05) is 18.9 Å². The Morgan fingerprint density at radius 1 is 1.47 bits per heavy atom. The third kappa shape index (κ3) is 3.90. The van der Waals surface area contributed by atoms with Crippen LogP contribution in [0.5, 0.6) is 0 Å². The summed E-state index contributed by atoms with van der Waals surface area (Å²) in [6.45, 7) is 1.77. The lowest BCUT2D eigenvalue weighted by atomic mass is 10.0. The standard InChI is InChI=1S/C16H20N2O/c1-18(9-8-15-6-3-7-16(15)19)12-14-5-2-4-13(10-14)11-17/h2,4-5,10,15H,3,6-9,12H2,1H3. The third-order valence-electron chi connectivity index (χ3n) is 3.80. The molecule has 3 nitrogen and oxygen atoms in total. The smallest absolute Gasteiger partial charge is 0.136 e. The van der Waals surface area contributed by atoms with Crippen LogP contribution in [0.1, 0.15) is 36.8 Å². The molecule has 0 bridgehead atoms. The van der Waals surface area contributed by atoms with Gasteiger partial charge in [-0.1, -0.05) is 12.1 Å². The second-order valence-electron chi connectivity index (χ2n) is 5.39. The molecule has 3 heteroatoms. The van der Waals surface area contributed by atoms with E-state index in [1.807, 2.05) is 24.3 Å². The van der Waals surface area contributed by atoms with Gasteiger partial charge in [0.05, 0.1) is 11.6 Å². The summed E-state index contributed by atoms with van der Waals surface area (Å²) < 4.78 is 0. The predicted molar refractivity (Wildman–Crippen MR) is 74.5 cm³/mol. The van der Waals surface area contributed by atoms with Crippen molar-refractivity contribution in [2.75, 3.05) is 13.6 Å². The molecule has 2 rings (SSSR count). The summed E-state index contributed by atoms with van der Waals surface area (Å²) in [5.74, 6) is 0.729. The van der Waals surface area contributed by atoms with Crippen LogP contribution < -0.4 is 0 Å². The molecule has 1 aliphatic rings. The zero-order valence-corrected chi connectivity index (χ0v) is 11.4. The second kappa shape index (κ2) is 6.49. The lowest BCUT2D eigenvalue weighted by Crippen LogP contribution is -2.22. The number of carbonyl (C=O) groups is 1. The molecule has 1 aromatic rings. The molecular weight excluding hydrogens is 236 g/mol. The molecule has 1 unspecified atom stereocenters. The topological polar surface area (TPSA) is 44.1 Å². The van der Waals surface area contributed by atoms with Crippen molar-refractivity contribution in [1.82, 2.24) is 4.90 Å². The summed E-state index contributed by atoms with van der Waals surface area (Å²) in [5, 5.41) is 8.87. The quantitative estimate of drug-likeness (QED) is 0.813. The molecule has 1 aromatic carbocycles. The number of Topliss-reactive ketones (excluding diaryl/α,β-unsaturated/α-hetero) is 1. The molecule has 1 fully saturated rings. The monoisotopic (exact) mass is 256 g/mol. The number of nitriles is 1. The van der Waals surface area contributed by atoms with E-state index in [0.29, 0.717) is 11.3 Å². The van der Waals surface area contributed by atoms with E-state index in [1.54, 1.807) is 0 Å². The molecule has 0 aromatic heterocycles. The highest BCUT2D eigenvalue weighted by molar-refractivity contribution is 5.82. The fraction of sp³-hybridized carbons (Fsp3) is 0.500. The van der Waals surface area contributed by atoms with Crippen molar-refractivity contribution in [2.45, 2.75) is 32.2 Å². The molecule has 0 amide bonds. The minimum Gasteiger partial charge on any atom is -0.302 e. The van der Waals surface area contributed by atoms with E-state index in [2.05, 4.69) is 18.0 Å². The van der Waals surface area contributed by atoms with Crippen molar-refractivity contribution in [2.24, 2.45) is 5.92 Å². The summed E-state index contributed by atoms with van der Waals surface area (Å²) in [7, 11) is 2.07. The molecule has 0 N–H and O–H groups in total. The van der Waals surface area contributed by atoms with Crippen LogP contribution in [0.15, 0.2) is 24.3 Å². The van der Waals surface area contributed by atoms with Gasteiger partial charge in [-0.25, -0.2) is 0 Å². The Bertz CT molecular complexity index is 490. The van der Waals surface area contributed by atoms with E-state index in [1.165, 1.54) is 0 Å². The first-order valence-corrected chi connectivity index (χ1v) is 6.89. The summed E-state index contributed by atoms with van der Waals surface area (Å²) >= 11 is 0. The Morgan fingerprint density at radius 2 is 2.32 bits per heavy atom. The van der Waals surface area contributed by atoms with Crippen molar-refractivity contribution >= 4 is 5.78 Å². The van der Waals surface area contributed by atoms with Gasteiger partial charge < -0.3 is 4.90 Å². The van der Waals surface area contributed by atoms with Gasteiger partial charge in [0.15, 0.2) is 0 Å². The van der Waals surface area contributed by atoms with Crippen LogP contribution in [0.2, 0.25) is 0 Å². The maximum absolute atomic E-state index is 11.6. The van der Waals surface area contributed by atoms with Gasteiger partial charge in [0.25, 0.3) is 0 Å². The van der Waals surface area contributed by atoms with E-state index in [-0.39, 0.29) is 5.92 Å². The van der Waals surface area contributed by atoms with Gasteiger partial charge in [-0.3, -0.25) is 4.79 Å². The Balaban J connectivity index is 1.82. The number of hydrogen-bond acceptors (Lipinski definition) is 3. The maximum atomic E-state index is 11.6. The van der Waals surface area contributed by atoms with E-state index < -0.39 is 0 Å². The van der Waals surface area contributed by atoms with Gasteiger partial charge in [-0.05, 0) is 50.6 Å². The fourth-order valence-corrected chi connectivity index (χ4v) is 2.70. The Morgan fingerprint density at radius 3 is 3.00 bits per heavy atom. The largest absolute Gasteiger partial charge is 0.302 e. The van der Waals surface area contributed by atoms with Crippen molar-refractivity contribution in [3.05, 3.63) is 35.4 Å². The van der Waals surface area contributed by atoms with Gasteiger partial charge in [-0.2, -0.15) is 5.26 Å². The van der Waals surface area contributed by atoms with Crippen LogP contribution in [-0.2, 0) is 11.3 Å². The number of rotatable bonds is 5. The highest BCUT2D eigenvalue weighted by Crippen LogP contribution is 2.24. The van der Waals surface area contributed by atoms with E-state index >= 15 is 0 Å². The van der Waals surface area contributed by atoms with Crippen molar-refractivity contribution in [3.63, 3.8) is 0 Å². The van der Waals surface area contributed by atoms with Crippen LogP contribution in [0.3, 0.4) is 0 Å². The molecule has 1 aliphatic carbocycles. The molecule has 0 saturated heterocycles. The molecule has 1 atom stereocenters. The van der Waals surface area contributed by atoms with Crippen LogP contribution in [-0.4, -0.2) is 24.3 Å². The first kappa shape index (κ1) is 13.8. The maximum Gasteiger partial charge on any atom is 0.136 e. The summed E-state index contributed by atoms with van der Waals surface area (Å²) in [6, 6.07) is 9.87. The number of hydrogen-bond donors (Lipinski definition) is 0. The third-order valence-corrected chi connectivity index (χ3v) is 3.80. The average Bonchev–Trinajstić information content (AvgIpc) is 2.82. The molecule has 1 saturated carbocycles. The van der Waals surface area contributed by atoms with E-state index in [4.69, 9.17) is 5.26 Å². The van der Waals surface area contributed by atoms with Crippen LogP contribution >= 0.6 is 0 Å². The Kier molecular flexibility index (Phi) is 4.70. The molecule has 0 radical (unpaired) electrons. The Labute approximate surface area is 114 Å². The number of benzene rings is 1. The molecular formula is C16H20N2O. The van der Waals surface area contributed by atoms with Crippen LogP contribution in [0.25, 0.3) is 0 Å². The first-order valence-electron chi connectivity index (χ1n) is 6.89.